The van der Waals surface area contributed by atoms with E-state index in [9.17, 15) is 0 Å². The van der Waals surface area contributed by atoms with Gasteiger partial charge < -0.3 is 15.8 Å². The normalized spacial score (nSPS) is 9.94. The molecule has 0 atom stereocenters. The number of ether oxygens (including phenoxy) is 1. The second-order valence-electron chi connectivity index (χ2n) is 3.49. The molecule has 0 saturated heterocycles. The molecule has 0 aliphatic carbocycles. The molecule has 3 N–H and O–H groups in total. The maximum atomic E-state index is 5.60. The Morgan fingerprint density at radius 3 is 2.94 bits per heavy atom. The van der Waals surface area contributed by atoms with Crippen LogP contribution in [0.1, 0.15) is 5.56 Å². The SMILES string of the molecule is COc1ncccc1CNc1ccnc(N)c1. The van der Waals surface area contributed by atoms with Gasteiger partial charge in [-0.25, -0.2) is 9.97 Å². The number of hydrogen-bond donors (Lipinski definition) is 2. The minimum Gasteiger partial charge on any atom is -0.481 e. The number of hydrogen-bond acceptors (Lipinski definition) is 5. The third kappa shape index (κ3) is 2.84. The molecule has 5 nitrogen and oxygen atoms in total. The van der Waals surface area contributed by atoms with E-state index in [0.29, 0.717) is 18.2 Å². The first-order valence-electron chi connectivity index (χ1n) is 5.23. The van der Waals surface area contributed by atoms with Gasteiger partial charge in [-0.3, -0.25) is 0 Å². The maximum Gasteiger partial charge on any atom is 0.218 e. The number of nitrogens with one attached hydrogen (secondary N) is 1. The van der Waals surface area contributed by atoms with Crippen molar-refractivity contribution in [2.45, 2.75) is 6.54 Å². The summed E-state index contributed by atoms with van der Waals surface area (Å²) in [5.41, 5.74) is 7.51. The lowest BCUT2D eigenvalue weighted by Gasteiger charge is -2.09. The lowest BCUT2D eigenvalue weighted by Crippen LogP contribution is -2.03. The summed E-state index contributed by atoms with van der Waals surface area (Å²) in [6, 6.07) is 7.48. The van der Waals surface area contributed by atoms with Crippen LogP contribution in [0.25, 0.3) is 0 Å². The van der Waals surface area contributed by atoms with Crippen LogP contribution in [0.3, 0.4) is 0 Å². The van der Waals surface area contributed by atoms with Gasteiger partial charge in [0, 0.05) is 36.3 Å². The maximum absolute atomic E-state index is 5.60. The lowest BCUT2D eigenvalue weighted by atomic mass is 10.2. The molecule has 0 radical (unpaired) electrons. The molecule has 0 spiro atoms. The molecule has 0 unspecified atom stereocenters. The summed E-state index contributed by atoms with van der Waals surface area (Å²) in [5.74, 6) is 1.12. The highest BCUT2D eigenvalue weighted by molar-refractivity contribution is 5.50. The first-order valence-corrected chi connectivity index (χ1v) is 5.23. The average molecular weight is 230 g/mol. The van der Waals surface area contributed by atoms with E-state index in [1.165, 1.54) is 0 Å². The molecule has 0 aromatic carbocycles. The zero-order valence-corrected chi connectivity index (χ0v) is 9.55. The minimum absolute atomic E-state index is 0.494. The molecule has 0 bridgehead atoms. The van der Waals surface area contributed by atoms with Gasteiger partial charge in [0.15, 0.2) is 0 Å². The smallest absolute Gasteiger partial charge is 0.218 e. The molecule has 2 rings (SSSR count). The van der Waals surface area contributed by atoms with Gasteiger partial charge in [-0.05, 0) is 12.1 Å². The molecular formula is C12H14N4O. The van der Waals surface area contributed by atoms with Crippen molar-refractivity contribution in [2.24, 2.45) is 0 Å². The molecule has 88 valence electrons. The van der Waals surface area contributed by atoms with Crippen LogP contribution in [0.5, 0.6) is 5.88 Å². The van der Waals surface area contributed by atoms with Crippen molar-refractivity contribution in [1.29, 1.82) is 0 Å². The second kappa shape index (κ2) is 5.16. The predicted molar refractivity (Wildman–Crippen MR) is 66.8 cm³/mol. The molecule has 17 heavy (non-hydrogen) atoms. The van der Waals surface area contributed by atoms with Crippen molar-refractivity contribution < 1.29 is 4.74 Å². The zero-order chi connectivity index (χ0) is 12.1. The average Bonchev–Trinajstić information content (AvgIpc) is 2.37. The van der Waals surface area contributed by atoms with Gasteiger partial charge in [0.2, 0.25) is 5.88 Å². The Morgan fingerprint density at radius 1 is 1.29 bits per heavy atom. The van der Waals surface area contributed by atoms with Gasteiger partial charge in [-0.1, -0.05) is 6.07 Å². The van der Waals surface area contributed by atoms with Crippen LogP contribution in [-0.4, -0.2) is 17.1 Å². The second-order valence-corrected chi connectivity index (χ2v) is 3.49. The Balaban J connectivity index is 2.07. The van der Waals surface area contributed by atoms with Crippen LogP contribution in [0.2, 0.25) is 0 Å². The first kappa shape index (κ1) is 11.2. The Kier molecular flexibility index (Phi) is 3.40. The Hall–Kier alpha value is -2.30. The minimum atomic E-state index is 0.494. The van der Waals surface area contributed by atoms with Crippen molar-refractivity contribution in [3.05, 3.63) is 42.2 Å². The molecule has 2 aromatic rings. The van der Waals surface area contributed by atoms with Crippen LogP contribution in [0.15, 0.2) is 36.7 Å². The summed E-state index contributed by atoms with van der Waals surface area (Å²) >= 11 is 0. The molecule has 0 saturated carbocycles. The van der Waals surface area contributed by atoms with Crippen LogP contribution >= 0.6 is 0 Å². The number of nitrogen functional groups attached to an aromatic ring is 1. The van der Waals surface area contributed by atoms with E-state index in [1.807, 2.05) is 18.2 Å². The van der Waals surface area contributed by atoms with Gasteiger partial charge >= 0.3 is 0 Å². The predicted octanol–water partition coefficient (Wildman–Crippen LogP) is 1.68. The molecule has 5 heteroatoms. The molecule has 0 fully saturated rings. The monoisotopic (exact) mass is 230 g/mol. The number of rotatable bonds is 4. The number of anilines is 2. The topological polar surface area (TPSA) is 73.1 Å². The van der Waals surface area contributed by atoms with Crippen LogP contribution in [0, 0.1) is 0 Å². The standard InChI is InChI=1S/C12H14N4O/c1-17-12-9(3-2-5-15-12)8-16-10-4-6-14-11(13)7-10/h2-7H,8H2,1H3,(H3,13,14,16). The number of aromatic nitrogens is 2. The Morgan fingerprint density at radius 2 is 2.18 bits per heavy atom. The highest BCUT2D eigenvalue weighted by atomic mass is 16.5. The highest BCUT2D eigenvalue weighted by Crippen LogP contribution is 2.16. The van der Waals surface area contributed by atoms with Crippen LogP contribution < -0.4 is 15.8 Å². The highest BCUT2D eigenvalue weighted by Gasteiger charge is 2.02. The summed E-state index contributed by atoms with van der Waals surface area (Å²) in [6.45, 7) is 0.625. The lowest BCUT2D eigenvalue weighted by molar-refractivity contribution is 0.393. The van der Waals surface area contributed by atoms with E-state index in [0.717, 1.165) is 11.3 Å². The third-order valence-electron chi connectivity index (χ3n) is 2.31. The molecule has 0 aliphatic rings. The van der Waals surface area contributed by atoms with Crippen LogP contribution in [0.4, 0.5) is 11.5 Å². The fourth-order valence-electron chi connectivity index (χ4n) is 1.50. The number of nitrogens with zero attached hydrogens (tertiary/aromatic N) is 2. The molecular weight excluding hydrogens is 216 g/mol. The van der Waals surface area contributed by atoms with Crippen molar-refractivity contribution >= 4 is 11.5 Å². The van der Waals surface area contributed by atoms with Gasteiger partial charge in [-0.15, -0.1) is 0 Å². The molecule has 2 aromatic heterocycles. The summed E-state index contributed by atoms with van der Waals surface area (Å²) in [5, 5.41) is 3.24. The number of methoxy groups -OCH3 is 1. The molecule has 0 amide bonds. The van der Waals surface area contributed by atoms with Crippen molar-refractivity contribution in [1.82, 2.24) is 9.97 Å². The third-order valence-corrected chi connectivity index (χ3v) is 2.31. The molecule has 2 heterocycles. The zero-order valence-electron chi connectivity index (χ0n) is 9.55. The quantitative estimate of drug-likeness (QED) is 0.836. The fourth-order valence-corrected chi connectivity index (χ4v) is 1.50. The van der Waals surface area contributed by atoms with Crippen molar-refractivity contribution in [2.75, 3.05) is 18.2 Å². The summed E-state index contributed by atoms with van der Waals surface area (Å²) in [4.78, 5) is 8.06. The van der Waals surface area contributed by atoms with E-state index in [2.05, 4.69) is 15.3 Å². The van der Waals surface area contributed by atoms with Crippen LogP contribution in [-0.2, 0) is 6.54 Å². The van der Waals surface area contributed by atoms with Gasteiger partial charge in [0.25, 0.3) is 0 Å². The largest absolute Gasteiger partial charge is 0.481 e. The van der Waals surface area contributed by atoms with E-state index < -0.39 is 0 Å². The Bertz CT molecular complexity index is 501. The number of pyridine rings is 2. The fraction of sp³-hybridized carbons (Fsp3) is 0.167. The Labute approximate surface area is 99.7 Å². The van der Waals surface area contributed by atoms with Crippen molar-refractivity contribution in [3.63, 3.8) is 0 Å². The van der Waals surface area contributed by atoms with E-state index >= 15 is 0 Å². The number of nitrogens with two attached hydrogens (primary N) is 1. The first-order chi connectivity index (χ1) is 8.29. The van der Waals surface area contributed by atoms with E-state index in [-0.39, 0.29) is 0 Å². The summed E-state index contributed by atoms with van der Waals surface area (Å²) < 4.78 is 5.17. The van der Waals surface area contributed by atoms with Crippen molar-refractivity contribution in [3.8, 4) is 5.88 Å². The van der Waals surface area contributed by atoms with Gasteiger partial charge in [-0.2, -0.15) is 0 Å². The summed E-state index contributed by atoms with van der Waals surface area (Å²) in [7, 11) is 1.61. The molecule has 0 aliphatic heterocycles. The van der Waals surface area contributed by atoms with E-state index in [1.54, 1.807) is 25.6 Å². The summed E-state index contributed by atoms with van der Waals surface area (Å²) in [6.07, 6.45) is 3.37. The van der Waals surface area contributed by atoms with E-state index in [4.69, 9.17) is 10.5 Å². The van der Waals surface area contributed by atoms with Gasteiger partial charge in [0.1, 0.15) is 5.82 Å². The van der Waals surface area contributed by atoms with Gasteiger partial charge in [0.05, 0.1) is 7.11 Å².